The Morgan fingerprint density at radius 1 is 1.21 bits per heavy atom. The van der Waals surface area contributed by atoms with Crippen molar-refractivity contribution in [2.24, 2.45) is 34.5 Å². The maximum absolute atomic E-state index is 14.2. The SMILES string of the molecule is CC1=C[C@@H]2[C@H](CC[C@]3(C)C(=O)CC[C@@H]23)[C@@]2(C)C=C(F)C(=O)C(=N)C12. The molecule has 6 atom stereocenters. The fraction of sp³-hybridized carbons (Fsp3) is 0.650. The first-order valence-corrected chi connectivity index (χ1v) is 8.93. The highest BCUT2D eigenvalue weighted by molar-refractivity contribution is 6.46. The molecule has 0 heterocycles. The van der Waals surface area contributed by atoms with Gasteiger partial charge in [-0.3, -0.25) is 9.59 Å². The van der Waals surface area contributed by atoms with Gasteiger partial charge in [0.2, 0.25) is 5.78 Å². The van der Waals surface area contributed by atoms with Crippen molar-refractivity contribution in [3.63, 3.8) is 0 Å². The van der Waals surface area contributed by atoms with E-state index >= 15 is 0 Å². The van der Waals surface area contributed by atoms with Gasteiger partial charge in [-0.05, 0) is 50.0 Å². The largest absolute Gasteiger partial charge is 0.300 e. The van der Waals surface area contributed by atoms with Gasteiger partial charge < -0.3 is 5.41 Å². The van der Waals surface area contributed by atoms with Gasteiger partial charge in [0.15, 0.2) is 5.83 Å². The first kappa shape index (κ1) is 15.9. The van der Waals surface area contributed by atoms with E-state index in [1.807, 2.05) is 13.8 Å². The van der Waals surface area contributed by atoms with Crippen LogP contribution in [0.4, 0.5) is 4.39 Å². The molecule has 0 aliphatic heterocycles. The number of nitrogens with one attached hydrogen (secondary N) is 1. The van der Waals surface area contributed by atoms with Crippen molar-refractivity contribution < 1.29 is 14.0 Å². The Morgan fingerprint density at radius 3 is 2.62 bits per heavy atom. The van der Waals surface area contributed by atoms with Gasteiger partial charge in [0, 0.05) is 23.2 Å². The molecule has 1 N–H and O–H groups in total. The molecule has 128 valence electrons. The third-order valence-electron chi connectivity index (χ3n) is 7.56. The minimum Gasteiger partial charge on any atom is -0.300 e. The van der Waals surface area contributed by atoms with Crippen molar-refractivity contribution >= 4 is 17.3 Å². The predicted octanol–water partition coefficient (Wildman–Crippen LogP) is 4.04. The summed E-state index contributed by atoms with van der Waals surface area (Å²) in [6.45, 7) is 6.07. The van der Waals surface area contributed by atoms with Crippen molar-refractivity contribution in [1.29, 1.82) is 5.41 Å². The van der Waals surface area contributed by atoms with Crippen LogP contribution in [0, 0.1) is 39.9 Å². The zero-order valence-corrected chi connectivity index (χ0v) is 14.5. The summed E-state index contributed by atoms with van der Waals surface area (Å²) in [4.78, 5) is 24.4. The topological polar surface area (TPSA) is 58.0 Å². The molecule has 2 saturated carbocycles. The molecule has 0 aromatic rings. The van der Waals surface area contributed by atoms with Gasteiger partial charge in [-0.2, -0.15) is 0 Å². The molecule has 24 heavy (non-hydrogen) atoms. The van der Waals surface area contributed by atoms with Crippen LogP contribution < -0.4 is 0 Å². The number of hydrogen-bond acceptors (Lipinski definition) is 3. The Labute approximate surface area is 141 Å². The molecule has 0 radical (unpaired) electrons. The van der Waals surface area contributed by atoms with Gasteiger partial charge in [0.1, 0.15) is 5.78 Å². The average molecular weight is 329 g/mol. The van der Waals surface area contributed by atoms with Crippen molar-refractivity contribution in [3.8, 4) is 0 Å². The second-order valence-corrected chi connectivity index (χ2v) is 8.65. The molecule has 4 aliphatic carbocycles. The van der Waals surface area contributed by atoms with Gasteiger partial charge in [-0.1, -0.05) is 25.5 Å². The van der Waals surface area contributed by atoms with Crippen molar-refractivity contribution in [1.82, 2.24) is 0 Å². The van der Waals surface area contributed by atoms with E-state index in [2.05, 4.69) is 13.0 Å². The molecule has 4 rings (SSSR count). The highest BCUT2D eigenvalue weighted by atomic mass is 19.1. The number of rotatable bonds is 0. The first-order chi connectivity index (χ1) is 11.2. The van der Waals surface area contributed by atoms with E-state index in [0.29, 0.717) is 18.1 Å². The molecule has 0 aromatic heterocycles. The minimum absolute atomic E-state index is 0.111. The van der Waals surface area contributed by atoms with Crippen LogP contribution in [0.15, 0.2) is 23.6 Å². The second kappa shape index (κ2) is 4.74. The zero-order chi connectivity index (χ0) is 17.4. The summed E-state index contributed by atoms with van der Waals surface area (Å²) in [7, 11) is 0. The number of fused-ring (bicyclic) bond motifs is 5. The summed E-state index contributed by atoms with van der Waals surface area (Å²) in [5.41, 5.74) is 0.0948. The molecule has 3 nitrogen and oxygen atoms in total. The molecule has 4 aliphatic rings. The molecule has 0 spiro atoms. The highest BCUT2D eigenvalue weighted by Gasteiger charge is 2.60. The number of carbonyl (C=O) groups excluding carboxylic acids is 2. The third-order valence-corrected chi connectivity index (χ3v) is 7.56. The van der Waals surface area contributed by atoms with E-state index in [4.69, 9.17) is 5.41 Å². The lowest BCUT2D eigenvalue weighted by Gasteiger charge is -2.56. The quantitative estimate of drug-likeness (QED) is 0.682. The van der Waals surface area contributed by atoms with Gasteiger partial charge in [-0.15, -0.1) is 0 Å². The van der Waals surface area contributed by atoms with E-state index in [0.717, 1.165) is 24.8 Å². The summed E-state index contributed by atoms with van der Waals surface area (Å²) in [6, 6.07) is 0. The number of allylic oxidation sites excluding steroid dienone is 4. The Balaban J connectivity index is 1.85. The first-order valence-electron chi connectivity index (χ1n) is 8.93. The van der Waals surface area contributed by atoms with Crippen molar-refractivity contribution in [2.75, 3.05) is 0 Å². The zero-order valence-electron chi connectivity index (χ0n) is 14.5. The van der Waals surface area contributed by atoms with Crippen LogP contribution >= 0.6 is 0 Å². The van der Waals surface area contributed by atoms with Crippen molar-refractivity contribution in [2.45, 2.75) is 46.5 Å². The number of ketones is 2. The Hall–Kier alpha value is -1.58. The second-order valence-electron chi connectivity index (χ2n) is 8.65. The molecule has 4 heteroatoms. The fourth-order valence-corrected chi connectivity index (χ4v) is 6.36. The lowest BCUT2D eigenvalue weighted by molar-refractivity contribution is -0.130. The number of hydrogen-bond donors (Lipinski definition) is 1. The lowest BCUT2D eigenvalue weighted by Crippen LogP contribution is -2.54. The molecule has 0 aromatic carbocycles. The lowest BCUT2D eigenvalue weighted by atomic mass is 9.47. The van der Waals surface area contributed by atoms with E-state index in [9.17, 15) is 14.0 Å². The summed E-state index contributed by atoms with van der Waals surface area (Å²) < 4.78 is 14.2. The van der Waals surface area contributed by atoms with E-state index in [1.54, 1.807) is 0 Å². The monoisotopic (exact) mass is 329 g/mol. The van der Waals surface area contributed by atoms with E-state index < -0.39 is 17.0 Å². The molecular formula is C20H24FNO2. The average Bonchev–Trinajstić information content (AvgIpc) is 2.80. The van der Waals surface area contributed by atoms with E-state index in [-0.39, 0.29) is 28.9 Å². The number of halogens is 1. The van der Waals surface area contributed by atoms with Crippen LogP contribution in [0.2, 0.25) is 0 Å². The van der Waals surface area contributed by atoms with Crippen molar-refractivity contribution in [3.05, 3.63) is 23.6 Å². The third kappa shape index (κ3) is 1.75. The molecule has 2 fully saturated rings. The van der Waals surface area contributed by atoms with Gasteiger partial charge in [0.05, 0.1) is 5.71 Å². The number of carbonyl (C=O) groups is 2. The molecule has 0 saturated heterocycles. The normalized spacial score (nSPS) is 47.6. The summed E-state index contributed by atoms with van der Waals surface area (Å²) in [6.07, 6.45) is 6.94. The van der Waals surface area contributed by atoms with Crippen LogP contribution in [0.3, 0.4) is 0 Å². The minimum atomic E-state index is -0.775. The van der Waals surface area contributed by atoms with Crippen LogP contribution in [-0.2, 0) is 9.59 Å². The Bertz CT molecular complexity index is 736. The standard InChI is InChI=1S/C20H24FNO2/c1-10-8-11-12-4-5-15(23)19(12,2)7-6-13(11)20(3)9-14(21)18(24)17(22)16(10)20/h8-9,11-13,16,22H,4-7H2,1-3H3/t11-,12-,13-,16?,19-,20+/m0/s1. The maximum atomic E-state index is 14.2. The highest BCUT2D eigenvalue weighted by Crippen LogP contribution is 2.63. The Kier molecular flexibility index (Phi) is 3.14. The Morgan fingerprint density at radius 2 is 1.92 bits per heavy atom. The summed E-state index contributed by atoms with van der Waals surface area (Å²) >= 11 is 0. The smallest absolute Gasteiger partial charge is 0.235 e. The predicted molar refractivity (Wildman–Crippen MR) is 89.3 cm³/mol. The molecule has 0 bridgehead atoms. The molecular weight excluding hydrogens is 305 g/mol. The number of Topliss-reactive ketones (excluding diaryl/α,β-unsaturated/α-hetero) is 2. The summed E-state index contributed by atoms with van der Waals surface area (Å²) in [5.74, 6) is -0.760. The van der Waals surface area contributed by atoms with Gasteiger partial charge >= 0.3 is 0 Å². The van der Waals surface area contributed by atoms with Gasteiger partial charge in [-0.25, -0.2) is 4.39 Å². The van der Waals surface area contributed by atoms with E-state index in [1.165, 1.54) is 6.08 Å². The van der Waals surface area contributed by atoms with Crippen LogP contribution in [0.5, 0.6) is 0 Å². The molecule has 1 unspecified atom stereocenters. The fourth-order valence-electron chi connectivity index (χ4n) is 6.36. The van der Waals surface area contributed by atoms with Crippen LogP contribution in [0.1, 0.15) is 46.5 Å². The summed E-state index contributed by atoms with van der Waals surface area (Å²) in [5, 5.41) is 8.20. The molecule has 0 amide bonds. The maximum Gasteiger partial charge on any atom is 0.235 e. The van der Waals surface area contributed by atoms with Crippen LogP contribution in [0.25, 0.3) is 0 Å². The van der Waals surface area contributed by atoms with Crippen LogP contribution in [-0.4, -0.2) is 17.3 Å². The van der Waals surface area contributed by atoms with Gasteiger partial charge in [0.25, 0.3) is 0 Å².